The fourth-order valence-electron chi connectivity index (χ4n) is 1.40. The van der Waals surface area contributed by atoms with Crippen molar-refractivity contribution in [2.45, 2.75) is 38.7 Å². The van der Waals surface area contributed by atoms with E-state index in [1.807, 2.05) is 6.08 Å². The van der Waals surface area contributed by atoms with E-state index < -0.39 is 6.10 Å². The van der Waals surface area contributed by atoms with Crippen LogP contribution in [0.1, 0.15) is 32.6 Å². The lowest BCUT2D eigenvalue weighted by Gasteiger charge is -2.13. The van der Waals surface area contributed by atoms with Gasteiger partial charge in [-0.05, 0) is 32.6 Å². The summed E-state index contributed by atoms with van der Waals surface area (Å²) < 4.78 is 0. The van der Waals surface area contributed by atoms with Gasteiger partial charge in [-0.2, -0.15) is 0 Å². The summed E-state index contributed by atoms with van der Waals surface area (Å²) in [5, 5.41) is 11.7. The molecule has 3 heteroatoms. The van der Waals surface area contributed by atoms with Gasteiger partial charge in [-0.3, -0.25) is 4.79 Å². The number of aliphatic hydroxyl groups is 1. The van der Waals surface area contributed by atoms with Crippen LogP contribution in [0.3, 0.4) is 0 Å². The second-order valence-corrected chi connectivity index (χ2v) is 3.53. The first kappa shape index (κ1) is 10.3. The highest BCUT2D eigenvalue weighted by molar-refractivity contribution is 5.93. The lowest BCUT2D eigenvalue weighted by molar-refractivity contribution is -0.118. The van der Waals surface area contributed by atoms with Crippen LogP contribution in [0.25, 0.3) is 0 Å². The Morgan fingerprint density at radius 2 is 2.46 bits per heavy atom. The second kappa shape index (κ2) is 5.02. The summed E-state index contributed by atoms with van der Waals surface area (Å²) in [6.07, 6.45) is 5.72. The van der Waals surface area contributed by atoms with Gasteiger partial charge in [-0.1, -0.05) is 6.08 Å². The molecular formula is C10H17NO2. The average Bonchev–Trinajstić information content (AvgIpc) is 2.15. The minimum Gasteiger partial charge on any atom is -0.392 e. The number of carbonyl (C=O) groups excluding carboxylic acids is 1. The van der Waals surface area contributed by atoms with Crippen molar-refractivity contribution in [1.82, 2.24) is 5.32 Å². The molecule has 0 heterocycles. The third-order valence-electron chi connectivity index (χ3n) is 2.14. The van der Waals surface area contributed by atoms with E-state index in [1.165, 1.54) is 6.42 Å². The van der Waals surface area contributed by atoms with Crippen LogP contribution in [0.2, 0.25) is 0 Å². The van der Waals surface area contributed by atoms with E-state index in [1.54, 1.807) is 6.92 Å². The zero-order valence-electron chi connectivity index (χ0n) is 8.05. The minimum atomic E-state index is -0.465. The van der Waals surface area contributed by atoms with E-state index in [9.17, 15) is 4.79 Å². The number of amides is 1. The van der Waals surface area contributed by atoms with E-state index >= 15 is 0 Å². The zero-order chi connectivity index (χ0) is 9.68. The van der Waals surface area contributed by atoms with Gasteiger partial charge in [0.05, 0.1) is 6.10 Å². The van der Waals surface area contributed by atoms with Crippen LogP contribution in [-0.4, -0.2) is 23.7 Å². The van der Waals surface area contributed by atoms with Gasteiger partial charge >= 0.3 is 0 Å². The van der Waals surface area contributed by atoms with Gasteiger partial charge in [-0.25, -0.2) is 0 Å². The molecule has 1 amide bonds. The SMILES string of the molecule is C[C@H](O)CNC(=O)C1=CCCCC1. The van der Waals surface area contributed by atoms with Gasteiger partial charge in [0.25, 0.3) is 0 Å². The van der Waals surface area contributed by atoms with E-state index in [-0.39, 0.29) is 5.91 Å². The van der Waals surface area contributed by atoms with Crippen molar-refractivity contribution in [2.24, 2.45) is 0 Å². The molecule has 0 spiro atoms. The van der Waals surface area contributed by atoms with E-state index in [0.29, 0.717) is 6.54 Å². The normalized spacial score (nSPS) is 19.1. The Balaban J connectivity index is 2.34. The summed E-state index contributed by atoms with van der Waals surface area (Å²) in [5.41, 5.74) is 0.881. The van der Waals surface area contributed by atoms with Crippen LogP contribution in [0.5, 0.6) is 0 Å². The number of hydrogen-bond donors (Lipinski definition) is 2. The standard InChI is InChI=1S/C10H17NO2/c1-8(12)7-11-10(13)9-5-3-2-4-6-9/h5,8,12H,2-4,6-7H2,1H3,(H,11,13)/t8-/m0/s1. The lowest BCUT2D eigenvalue weighted by atomic mass is 9.99. The Morgan fingerprint density at radius 3 is 3.00 bits per heavy atom. The first-order valence-electron chi connectivity index (χ1n) is 4.85. The number of carbonyl (C=O) groups is 1. The predicted molar refractivity (Wildman–Crippen MR) is 51.2 cm³/mol. The van der Waals surface area contributed by atoms with Gasteiger partial charge in [0, 0.05) is 12.1 Å². The van der Waals surface area contributed by atoms with Crippen LogP contribution >= 0.6 is 0 Å². The summed E-state index contributed by atoms with van der Waals surface area (Å²) in [7, 11) is 0. The average molecular weight is 183 g/mol. The van der Waals surface area contributed by atoms with Crippen LogP contribution in [0, 0.1) is 0 Å². The number of rotatable bonds is 3. The molecule has 3 nitrogen and oxygen atoms in total. The molecule has 0 unspecified atom stereocenters. The molecule has 0 aromatic rings. The summed E-state index contributed by atoms with van der Waals surface area (Å²) >= 11 is 0. The molecule has 1 aliphatic carbocycles. The number of nitrogens with one attached hydrogen (secondary N) is 1. The molecule has 74 valence electrons. The fourth-order valence-corrected chi connectivity index (χ4v) is 1.40. The molecule has 0 radical (unpaired) electrons. The summed E-state index contributed by atoms with van der Waals surface area (Å²) in [5.74, 6) is -0.0133. The molecule has 0 saturated heterocycles. The Bertz CT molecular complexity index is 209. The molecule has 2 N–H and O–H groups in total. The maximum absolute atomic E-state index is 11.4. The van der Waals surface area contributed by atoms with Crippen molar-refractivity contribution in [1.29, 1.82) is 0 Å². The van der Waals surface area contributed by atoms with Gasteiger partial charge < -0.3 is 10.4 Å². The smallest absolute Gasteiger partial charge is 0.246 e. The molecule has 1 aliphatic rings. The molecule has 0 aromatic carbocycles. The third kappa shape index (κ3) is 3.59. The molecule has 13 heavy (non-hydrogen) atoms. The van der Waals surface area contributed by atoms with Crippen molar-refractivity contribution >= 4 is 5.91 Å². The van der Waals surface area contributed by atoms with Crippen molar-refractivity contribution < 1.29 is 9.90 Å². The lowest BCUT2D eigenvalue weighted by Crippen LogP contribution is -2.31. The molecule has 1 rings (SSSR count). The van der Waals surface area contributed by atoms with Crippen molar-refractivity contribution in [3.05, 3.63) is 11.6 Å². The Kier molecular flexibility index (Phi) is 3.96. The molecule has 0 bridgehead atoms. The van der Waals surface area contributed by atoms with Crippen LogP contribution in [0.4, 0.5) is 0 Å². The fraction of sp³-hybridized carbons (Fsp3) is 0.700. The Labute approximate surface area is 78.8 Å². The van der Waals surface area contributed by atoms with Gasteiger partial charge in [-0.15, -0.1) is 0 Å². The Morgan fingerprint density at radius 1 is 1.69 bits per heavy atom. The quantitative estimate of drug-likeness (QED) is 0.685. The highest BCUT2D eigenvalue weighted by Crippen LogP contribution is 2.16. The largest absolute Gasteiger partial charge is 0.392 e. The maximum atomic E-state index is 11.4. The second-order valence-electron chi connectivity index (χ2n) is 3.53. The van der Waals surface area contributed by atoms with E-state index in [4.69, 9.17) is 5.11 Å². The van der Waals surface area contributed by atoms with E-state index in [2.05, 4.69) is 5.32 Å². The highest BCUT2D eigenvalue weighted by Gasteiger charge is 2.11. The van der Waals surface area contributed by atoms with Gasteiger partial charge in [0.1, 0.15) is 0 Å². The van der Waals surface area contributed by atoms with Crippen LogP contribution in [0.15, 0.2) is 11.6 Å². The molecule has 0 saturated carbocycles. The molecular weight excluding hydrogens is 166 g/mol. The predicted octanol–water partition coefficient (Wildman–Crippen LogP) is 0.984. The van der Waals surface area contributed by atoms with Gasteiger partial charge in [0.15, 0.2) is 0 Å². The van der Waals surface area contributed by atoms with Crippen molar-refractivity contribution in [2.75, 3.05) is 6.54 Å². The van der Waals surface area contributed by atoms with Crippen molar-refractivity contribution in [3.8, 4) is 0 Å². The topological polar surface area (TPSA) is 49.3 Å². The molecule has 0 aromatic heterocycles. The summed E-state index contributed by atoms with van der Waals surface area (Å²) in [6, 6.07) is 0. The van der Waals surface area contributed by atoms with Crippen LogP contribution < -0.4 is 5.32 Å². The van der Waals surface area contributed by atoms with Crippen LogP contribution in [-0.2, 0) is 4.79 Å². The molecule has 0 aliphatic heterocycles. The minimum absolute atomic E-state index is 0.0133. The number of hydrogen-bond acceptors (Lipinski definition) is 2. The number of aliphatic hydroxyl groups excluding tert-OH is 1. The molecule has 0 fully saturated rings. The number of allylic oxidation sites excluding steroid dienone is 1. The third-order valence-corrected chi connectivity index (χ3v) is 2.14. The summed E-state index contributed by atoms with van der Waals surface area (Å²) in [6.45, 7) is 2.01. The molecule has 1 atom stereocenters. The first-order valence-corrected chi connectivity index (χ1v) is 4.85. The van der Waals surface area contributed by atoms with Crippen molar-refractivity contribution in [3.63, 3.8) is 0 Å². The highest BCUT2D eigenvalue weighted by atomic mass is 16.3. The van der Waals surface area contributed by atoms with E-state index in [0.717, 1.165) is 24.8 Å². The zero-order valence-corrected chi connectivity index (χ0v) is 8.05. The maximum Gasteiger partial charge on any atom is 0.246 e. The Hall–Kier alpha value is -0.830. The monoisotopic (exact) mass is 183 g/mol. The van der Waals surface area contributed by atoms with Gasteiger partial charge in [0.2, 0.25) is 5.91 Å². The summed E-state index contributed by atoms with van der Waals surface area (Å²) in [4.78, 5) is 11.4. The first-order chi connectivity index (χ1) is 6.20.